The first-order valence-corrected chi connectivity index (χ1v) is 12.7. The summed E-state index contributed by atoms with van der Waals surface area (Å²) in [5.74, 6) is -1.76. The van der Waals surface area contributed by atoms with Crippen molar-refractivity contribution >= 4 is 50.5 Å². The number of sulfonamides is 1. The molecule has 0 heterocycles. The van der Waals surface area contributed by atoms with Crippen molar-refractivity contribution < 1.29 is 27.9 Å². The summed E-state index contributed by atoms with van der Waals surface area (Å²) in [6, 6.07) is -1.75. The molecule has 0 spiro atoms. The van der Waals surface area contributed by atoms with Gasteiger partial charge in [0.1, 0.15) is 11.6 Å². The van der Waals surface area contributed by atoms with E-state index in [0.717, 1.165) is 17.3 Å². The molecule has 29 heavy (non-hydrogen) atoms. The highest BCUT2D eigenvalue weighted by atomic mass is 127. The first-order valence-electron chi connectivity index (χ1n) is 9.64. The lowest BCUT2D eigenvalue weighted by Crippen LogP contribution is -2.58. The Morgan fingerprint density at radius 1 is 1.28 bits per heavy atom. The van der Waals surface area contributed by atoms with Crippen LogP contribution in [-0.2, 0) is 19.6 Å². The molecule has 166 valence electrons. The molecule has 12 heteroatoms. The topological polar surface area (TPSA) is 145 Å². The first-order chi connectivity index (χ1) is 13.6. The van der Waals surface area contributed by atoms with Crippen LogP contribution < -0.4 is 15.4 Å². The van der Waals surface area contributed by atoms with Crippen LogP contribution in [0.5, 0.6) is 0 Å². The molecule has 2 fully saturated rings. The third kappa shape index (κ3) is 6.17. The molecule has 2 aliphatic rings. The number of aliphatic hydroxyl groups excluding tert-OH is 1. The van der Waals surface area contributed by atoms with Crippen molar-refractivity contribution in [3.05, 3.63) is 0 Å². The van der Waals surface area contributed by atoms with Crippen molar-refractivity contribution in [2.24, 2.45) is 5.92 Å². The number of urea groups is 1. The van der Waals surface area contributed by atoms with E-state index in [1.807, 2.05) is 0 Å². The van der Waals surface area contributed by atoms with Gasteiger partial charge in [0, 0.05) is 13.6 Å². The molecule has 0 saturated heterocycles. The standard InChI is InChI=1S/C17H29IN4O6S/c1-11-9-17(11,15(25)21-29(27,28)12-5-6-12)20-14(24)13(10-23)19-16(26)22(2)8-4-3-7-18/h11-13,23H,3-10H2,1-2H3,(H,19,26)(H,20,24)(H,21,25)/t11-,13+,17-/m1/s1. The maximum Gasteiger partial charge on any atom is 0.317 e. The van der Waals surface area contributed by atoms with Gasteiger partial charge >= 0.3 is 6.03 Å². The van der Waals surface area contributed by atoms with Gasteiger partial charge in [-0.1, -0.05) is 29.5 Å². The lowest BCUT2D eigenvalue weighted by molar-refractivity contribution is -0.130. The molecule has 2 aliphatic carbocycles. The maximum absolute atomic E-state index is 12.6. The highest BCUT2D eigenvalue weighted by molar-refractivity contribution is 14.1. The largest absolute Gasteiger partial charge is 0.394 e. The minimum Gasteiger partial charge on any atom is -0.394 e. The number of nitrogens with zero attached hydrogens (tertiary/aromatic N) is 1. The first kappa shape index (κ1) is 24.1. The van der Waals surface area contributed by atoms with Crippen LogP contribution >= 0.6 is 22.6 Å². The summed E-state index contributed by atoms with van der Waals surface area (Å²) in [6.07, 6.45) is 3.09. The van der Waals surface area contributed by atoms with Crippen LogP contribution in [0.1, 0.15) is 39.0 Å². The van der Waals surface area contributed by atoms with Crippen molar-refractivity contribution in [2.75, 3.05) is 24.6 Å². The fourth-order valence-corrected chi connectivity index (χ4v) is 4.86. The number of nitrogens with one attached hydrogen (secondary N) is 3. The molecule has 4 amide bonds. The third-order valence-corrected chi connectivity index (χ3v) is 7.86. The average molecular weight is 544 g/mol. The highest BCUT2D eigenvalue weighted by Crippen LogP contribution is 2.43. The number of alkyl halides is 1. The molecule has 0 radical (unpaired) electrons. The second kappa shape index (κ2) is 9.77. The summed E-state index contributed by atoms with van der Waals surface area (Å²) >= 11 is 2.25. The van der Waals surface area contributed by atoms with E-state index >= 15 is 0 Å². The molecule has 0 aromatic carbocycles. The molecule has 0 aliphatic heterocycles. The van der Waals surface area contributed by atoms with Crippen LogP contribution in [0.3, 0.4) is 0 Å². The second-order valence-electron chi connectivity index (χ2n) is 7.74. The van der Waals surface area contributed by atoms with Gasteiger partial charge in [0.2, 0.25) is 15.9 Å². The van der Waals surface area contributed by atoms with Crippen LogP contribution in [0.4, 0.5) is 4.79 Å². The van der Waals surface area contributed by atoms with Gasteiger partial charge in [-0.2, -0.15) is 0 Å². The van der Waals surface area contributed by atoms with Crippen molar-refractivity contribution in [1.29, 1.82) is 0 Å². The van der Waals surface area contributed by atoms with Gasteiger partial charge in [-0.25, -0.2) is 13.2 Å². The lowest BCUT2D eigenvalue weighted by Gasteiger charge is -2.24. The van der Waals surface area contributed by atoms with Crippen LogP contribution in [-0.4, -0.2) is 77.7 Å². The van der Waals surface area contributed by atoms with Crippen LogP contribution in [0.15, 0.2) is 0 Å². The average Bonchev–Trinajstić information content (AvgIpc) is 3.56. The molecule has 0 bridgehead atoms. The SMILES string of the molecule is C[C@@H]1C[C@]1(NC(=O)[C@H](CO)NC(=O)N(C)CCCCI)C(=O)NS(=O)(=O)C1CC1. The van der Waals surface area contributed by atoms with Gasteiger partial charge in [-0.15, -0.1) is 0 Å². The second-order valence-corrected chi connectivity index (χ2v) is 10.8. The monoisotopic (exact) mass is 544 g/mol. The highest BCUT2D eigenvalue weighted by Gasteiger charge is 2.60. The third-order valence-electron chi connectivity index (χ3n) is 5.28. The zero-order chi connectivity index (χ0) is 21.8. The molecular weight excluding hydrogens is 515 g/mol. The Morgan fingerprint density at radius 2 is 1.90 bits per heavy atom. The maximum atomic E-state index is 12.6. The Kier molecular flexibility index (Phi) is 8.13. The summed E-state index contributed by atoms with van der Waals surface area (Å²) < 4.78 is 27.1. The fraction of sp³-hybridized carbons (Fsp3) is 0.824. The molecular formula is C17H29IN4O6S. The number of hydrogen-bond donors (Lipinski definition) is 4. The number of hydrogen-bond acceptors (Lipinski definition) is 6. The van der Waals surface area contributed by atoms with Gasteiger partial charge in [0.15, 0.2) is 0 Å². The van der Waals surface area contributed by atoms with E-state index < -0.39 is 51.3 Å². The van der Waals surface area contributed by atoms with Gasteiger partial charge in [0.25, 0.3) is 5.91 Å². The van der Waals surface area contributed by atoms with Crippen molar-refractivity contribution in [3.63, 3.8) is 0 Å². The Morgan fingerprint density at radius 3 is 2.38 bits per heavy atom. The quantitative estimate of drug-likeness (QED) is 0.160. The molecule has 0 aromatic heterocycles. The Hall–Kier alpha value is -1.15. The van der Waals surface area contributed by atoms with Crippen LogP contribution in [0.2, 0.25) is 0 Å². The number of rotatable bonds is 11. The van der Waals surface area contributed by atoms with E-state index in [2.05, 4.69) is 37.9 Å². The summed E-state index contributed by atoms with van der Waals surface area (Å²) in [5.41, 5.74) is -1.34. The molecule has 10 nitrogen and oxygen atoms in total. The van der Waals surface area contributed by atoms with E-state index in [-0.39, 0.29) is 12.3 Å². The van der Waals surface area contributed by atoms with Crippen LogP contribution in [0, 0.1) is 5.92 Å². The molecule has 0 aromatic rings. The minimum atomic E-state index is -3.73. The molecule has 2 saturated carbocycles. The molecule has 4 N–H and O–H groups in total. The predicted molar refractivity (Wildman–Crippen MR) is 115 cm³/mol. The number of carbonyl (C=O) groups is 3. The number of amides is 4. The van der Waals surface area contributed by atoms with E-state index in [0.29, 0.717) is 19.4 Å². The van der Waals surface area contributed by atoms with Crippen molar-refractivity contribution in [3.8, 4) is 0 Å². The van der Waals surface area contributed by atoms with Gasteiger partial charge < -0.3 is 20.6 Å². The Bertz CT molecular complexity index is 744. The predicted octanol–water partition coefficient (Wildman–Crippen LogP) is -0.293. The van der Waals surface area contributed by atoms with Gasteiger partial charge in [-0.3, -0.25) is 14.3 Å². The summed E-state index contributed by atoms with van der Waals surface area (Å²) in [6.45, 7) is 1.58. The normalized spacial score (nSPS) is 24.3. The van der Waals surface area contributed by atoms with E-state index in [9.17, 15) is 27.9 Å². The van der Waals surface area contributed by atoms with Crippen LogP contribution in [0.25, 0.3) is 0 Å². The Labute approximate surface area is 184 Å². The summed E-state index contributed by atoms with van der Waals surface area (Å²) in [5, 5.41) is 14.0. The fourth-order valence-electron chi connectivity index (χ4n) is 2.96. The zero-order valence-electron chi connectivity index (χ0n) is 16.6. The number of unbranched alkanes of at least 4 members (excludes halogenated alkanes) is 1. The lowest BCUT2D eigenvalue weighted by atomic mass is 10.1. The van der Waals surface area contributed by atoms with E-state index in [1.165, 1.54) is 4.90 Å². The molecule has 0 unspecified atom stereocenters. The van der Waals surface area contributed by atoms with Gasteiger partial charge in [0.05, 0.1) is 11.9 Å². The smallest absolute Gasteiger partial charge is 0.317 e. The molecule has 3 atom stereocenters. The van der Waals surface area contributed by atoms with Crippen molar-refractivity contribution in [2.45, 2.75) is 55.9 Å². The van der Waals surface area contributed by atoms with Crippen molar-refractivity contribution in [1.82, 2.24) is 20.3 Å². The molecule has 2 rings (SSSR count). The zero-order valence-corrected chi connectivity index (χ0v) is 19.6. The van der Waals surface area contributed by atoms with E-state index in [4.69, 9.17) is 0 Å². The minimum absolute atomic E-state index is 0.258. The number of aliphatic hydroxyl groups is 1. The number of carbonyl (C=O) groups excluding carboxylic acids is 3. The summed E-state index contributed by atoms with van der Waals surface area (Å²) in [7, 11) is -2.14. The number of halogens is 1. The van der Waals surface area contributed by atoms with Gasteiger partial charge in [-0.05, 0) is 42.4 Å². The summed E-state index contributed by atoms with van der Waals surface area (Å²) in [4.78, 5) is 38.8. The van der Waals surface area contributed by atoms with E-state index in [1.54, 1.807) is 14.0 Å². The Balaban J connectivity index is 1.94.